The van der Waals surface area contributed by atoms with Crippen LogP contribution >= 0.6 is 34.8 Å². The van der Waals surface area contributed by atoms with Crippen LogP contribution in [0.3, 0.4) is 0 Å². The average Bonchev–Trinajstić information content (AvgIpc) is 2.41. The number of hydrogen-bond donors (Lipinski definition) is 1. The Morgan fingerprint density at radius 2 is 1.92 bits per heavy atom. The molecule has 0 aromatic heterocycles. The molecule has 0 spiro atoms. The Bertz CT molecular complexity index is 116. The molecule has 0 saturated carbocycles. The van der Waals surface area contributed by atoms with Crippen LogP contribution in [0.1, 0.15) is 0 Å². The predicted octanol–water partition coefficient (Wildman–Crippen LogP) is -2.05. The van der Waals surface area contributed by atoms with Crippen LogP contribution in [0.25, 0.3) is 0 Å². The minimum Gasteiger partial charge on any atom is -0.870 e. The van der Waals surface area contributed by atoms with Crippen LogP contribution in [0.2, 0.25) is 0 Å². The second-order valence-electron chi connectivity index (χ2n) is 1.66. The number of ether oxygens (including phenoxy) is 1. The third-order valence-corrected chi connectivity index (χ3v) is 1.64. The van der Waals surface area contributed by atoms with Crippen molar-refractivity contribution >= 4 is 40.0 Å². The average molecular weight is 260 g/mol. The first-order chi connectivity index (χ1) is 5.14. The van der Waals surface area contributed by atoms with Crippen LogP contribution in [0.4, 0.5) is 0 Å². The van der Waals surface area contributed by atoms with Gasteiger partial charge < -0.3 is 10.2 Å². The zero-order valence-electron chi connectivity index (χ0n) is 7.10. The van der Waals surface area contributed by atoms with Crippen LogP contribution < -0.4 is 34.9 Å². The minimum atomic E-state index is -1.08. The standard InChI is InChI=1S/C3H7NO.C2HCl3O.Na.H2O/c1-2-5-3-4-1;3-1(4)2(5)6;;/h4H,1-3H2;1H;;1H2/q;;+1;/p-1. The molecule has 0 aromatic rings. The van der Waals surface area contributed by atoms with Gasteiger partial charge in [0, 0.05) is 6.54 Å². The van der Waals surface area contributed by atoms with E-state index >= 15 is 0 Å². The van der Waals surface area contributed by atoms with Crippen LogP contribution in [0.15, 0.2) is 0 Å². The molecule has 1 fully saturated rings. The molecule has 1 saturated heterocycles. The molecule has 4 nitrogen and oxygen atoms in total. The van der Waals surface area contributed by atoms with E-state index in [2.05, 4.69) is 5.32 Å². The van der Waals surface area contributed by atoms with E-state index in [-0.39, 0.29) is 35.0 Å². The Morgan fingerprint density at radius 3 is 2.00 bits per heavy atom. The van der Waals surface area contributed by atoms with Crippen LogP contribution in [-0.4, -0.2) is 35.4 Å². The number of carbonyl (C=O) groups excluding carboxylic acids is 1. The summed E-state index contributed by atoms with van der Waals surface area (Å²) in [5.74, 6) is 0. The monoisotopic (exact) mass is 259 g/mol. The smallest absolute Gasteiger partial charge is 0.870 e. The van der Waals surface area contributed by atoms with Gasteiger partial charge in [0.2, 0.25) is 0 Å². The number of halogens is 3. The summed E-state index contributed by atoms with van der Waals surface area (Å²) in [6.07, 6.45) is 0. The van der Waals surface area contributed by atoms with Gasteiger partial charge in [-0.2, -0.15) is 0 Å². The van der Waals surface area contributed by atoms with Crippen molar-refractivity contribution in [2.45, 2.75) is 4.84 Å². The first-order valence-electron chi connectivity index (χ1n) is 2.90. The molecule has 1 rings (SSSR count). The Morgan fingerprint density at radius 1 is 1.46 bits per heavy atom. The summed E-state index contributed by atoms with van der Waals surface area (Å²) in [6.45, 7) is 2.67. The molecule has 2 N–H and O–H groups in total. The Labute approximate surface area is 114 Å². The van der Waals surface area contributed by atoms with Crippen molar-refractivity contribution in [1.82, 2.24) is 5.32 Å². The van der Waals surface area contributed by atoms with Crippen molar-refractivity contribution in [1.29, 1.82) is 0 Å². The molecule has 1 heterocycles. The number of alkyl halides is 2. The largest absolute Gasteiger partial charge is 1.00 e. The van der Waals surface area contributed by atoms with Crippen LogP contribution in [-0.2, 0) is 9.53 Å². The van der Waals surface area contributed by atoms with Gasteiger partial charge in [0.15, 0.2) is 4.84 Å². The first-order valence-corrected chi connectivity index (χ1v) is 4.15. The summed E-state index contributed by atoms with van der Waals surface area (Å²) in [5, 5.41) is 2.26. The van der Waals surface area contributed by atoms with E-state index in [0.29, 0.717) is 0 Å². The number of rotatable bonds is 1. The zero-order chi connectivity index (χ0) is 8.69. The molecular weight excluding hydrogens is 251 g/mol. The molecule has 13 heavy (non-hydrogen) atoms. The maximum atomic E-state index is 9.65. The molecule has 0 radical (unpaired) electrons. The van der Waals surface area contributed by atoms with Crippen molar-refractivity contribution in [3.63, 3.8) is 0 Å². The van der Waals surface area contributed by atoms with Gasteiger partial charge in [0.1, 0.15) is 0 Å². The zero-order valence-corrected chi connectivity index (χ0v) is 11.4. The van der Waals surface area contributed by atoms with Gasteiger partial charge in [-0.05, 0) is 11.6 Å². The van der Waals surface area contributed by atoms with Crippen LogP contribution in [0, 0.1) is 0 Å². The van der Waals surface area contributed by atoms with Crippen molar-refractivity contribution < 1.29 is 44.6 Å². The van der Waals surface area contributed by atoms with Crippen molar-refractivity contribution in [3.8, 4) is 0 Å². The van der Waals surface area contributed by atoms with E-state index in [1.54, 1.807) is 0 Å². The van der Waals surface area contributed by atoms with Crippen molar-refractivity contribution in [2.24, 2.45) is 0 Å². The fourth-order valence-corrected chi connectivity index (χ4v) is 0.361. The molecule has 0 amide bonds. The Hall–Kier alpha value is 1.42. The third-order valence-electron chi connectivity index (χ3n) is 0.799. The quantitative estimate of drug-likeness (QED) is 0.335. The molecule has 0 aromatic carbocycles. The molecular formula is C5H9Cl3NNaO3. The van der Waals surface area contributed by atoms with E-state index < -0.39 is 10.1 Å². The fraction of sp³-hybridized carbons (Fsp3) is 0.800. The molecule has 0 bridgehead atoms. The SMILES string of the molecule is C1COCN1.O=C(Cl)C(Cl)Cl.[Na+].[OH-]. The number of hydrogen-bond acceptors (Lipinski definition) is 4. The molecule has 8 heteroatoms. The van der Waals surface area contributed by atoms with Gasteiger partial charge in [-0.15, -0.1) is 0 Å². The van der Waals surface area contributed by atoms with E-state index in [1.807, 2.05) is 0 Å². The van der Waals surface area contributed by atoms with Gasteiger partial charge >= 0.3 is 29.6 Å². The Kier molecular flexibility index (Phi) is 20.6. The van der Waals surface area contributed by atoms with Gasteiger partial charge in [0.05, 0.1) is 13.3 Å². The van der Waals surface area contributed by atoms with Gasteiger partial charge in [-0.1, -0.05) is 23.2 Å². The van der Waals surface area contributed by atoms with Gasteiger partial charge in [0.25, 0.3) is 5.24 Å². The van der Waals surface area contributed by atoms with Crippen molar-refractivity contribution in [3.05, 3.63) is 0 Å². The third kappa shape index (κ3) is 16.1. The van der Waals surface area contributed by atoms with Crippen LogP contribution in [0.5, 0.6) is 0 Å². The summed E-state index contributed by atoms with van der Waals surface area (Å²) in [4.78, 5) is 8.57. The second kappa shape index (κ2) is 13.4. The summed E-state index contributed by atoms with van der Waals surface area (Å²) in [6, 6.07) is 0. The van der Waals surface area contributed by atoms with E-state index in [1.165, 1.54) is 0 Å². The maximum Gasteiger partial charge on any atom is 1.00 e. The van der Waals surface area contributed by atoms with E-state index in [0.717, 1.165) is 19.9 Å². The van der Waals surface area contributed by atoms with E-state index in [9.17, 15) is 4.79 Å². The predicted molar refractivity (Wildman–Crippen MR) is 47.1 cm³/mol. The molecule has 0 atom stereocenters. The summed E-state index contributed by atoms with van der Waals surface area (Å²) < 4.78 is 4.83. The fourth-order valence-electron chi connectivity index (χ4n) is 0.361. The van der Waals surface area contributed by atoms with Gasteiger partial charge in [-0.3, -0.25) is 10.1 Å². The number of nitrogens with one attached hydrogen (secondary N) is 1. The van der Waals surface area contributed by atoms with Crippen molar-refractivity contribution in [2.75, 3.05) is 19.9 Å². The molecule has 74 valence electrons. The van der Waals surface area contributed by atoms with E-state index in [4.69, 9.17) is 39.5 Å². The molecule has 1 aliphatic heterocycles. The molecule has 1 aliphatic rings. The second-order valence-corrected chi connectivity index (χ2v) is 3.13. The first kappa shape index (κ1) is 19.9. The summed E-state index contributed by atoms with van der Waals surface area (Å²) >= 11 is 14.5. The normalized spacial score (nSPS) is 13.5. The minimum absolute atomic E-state index is 0. The topological polar surface area (TPSA) is 68.3 Å². The number of carbonyl (C=O) groups is 1. The maximum absolute atomic E-state index is 9.65. The van der Waals surface area contributed by atoms with Gasteiger partial charge in [-0.25, -0.2) is 0 Å². The Balaban J connectivity index is -0.000000134. The molecule has 0 unspecified atom stereocenters. The summed E-state index contributed by atoms with van der Waals surface area (Å²) in [7, 11) is 0. The summed E-state index contributed by atoms with van der Waals surface area (Å²) in [5.41, 5.74) is 0. The molecule has 0 aliphatic carbocycles.